The van der Waals surface area contributed by atoms with Crippen molar-refractivity contribution < 1.29 is 14.3 Å². The van der Waals surface area contributed by atoms with Gasteiger partial charge in [0.1, 0.15) is 18.2 Å². The minimum absolute atomic E-state index is 0.0455. The summed E-state index contributed by atoms with van der Waals surface area (Å²) < 4.78 is 11.7. The molecule has 0 radical (unpaired) electrons. The van der Waals surface area contributed by atoms with Gasteiger partial charge in [0.2, 0.25) is 0 Å². The van der Waals surface area contributed by atoms with Crippen LogP contribution in [0.2, 0.25) is 0 Å². The second-order valence-electron chi connectivity index (χ2n) is 10.9. The Morgan fingerprint density at radius 2 is 1.67 bits per heavy atom. The van der Waals surface area contributed by atoms with Crippen LogP contribution in [0.25, 0.3) is 10.9 Å². The molecule has 2 aromatic carbocycles. The molecule has 3 saturated heterocycles. The number of morpholine rings is 1. The molecule has 0 unspecified atom stereocenters. The molecule has 0 saturated carbocycles. The van der Waals surface area contributed by atoms with Crippen molar-refractivity contribution in [3.8, 4) is 5.75 Å². The van der Waals surface area contributed by atoms with Crippen LogP contribution < -0.4 is 15.0 Å². The summed E-state index contributed by atoms with van der Waals surface area (Å²) in [5, 5.41) is 4.15. The highest BCUT2D eigenvalue weighted by Crippen LogP contribution is 2.33. The van der Waals surface area contributed by atoms with Gasteiger partial charge in [0, 0.05) is 68.0 Å². The molecule has 9 nitrogen and oxygen atoms in total. The number of hydrogen-bond acceptors (Lipinski definition) is 7. The van der Waals surface area contributed by atoms with Gasteiger partial charge in [-0.3, -0.25) is 0 Å². The molecule has 3 aromatic rings. The SMILES string of the molecule is CN1CCC(Oc2ccc3c(C4CCN(C(=O)Nc5ccc(N6CCOCC6)cc5)CC4)ncnc3c2)CC1. The minimum atomic E-state index is -0.0455. The van der Waals surface area contributed by atoms with Gasteiger partial charge in [0.25, 0.3) is 0 Å². The van der Waals surface area contributed by atoms with E-state index in [0.29, 0.717) is 19.0 Å². The Kier molecular flexibility index (Phi) is 7.78. The van der Waals surface area contributed by atoms with Gasteiger partial charge in [-0.25, -0.2) is 14.8 Å². The lowest BCUT2D eigenvalue weighted by molar-refractivity contribution is 0.114. The molecular weight excluding hydrogens is 492 g/mol. The zero-order chi connectivity index (χ0) is 26.6. The van der Waals surface area contributed by atoms with Crippen molar-refractivity contribution in [2.75, 3.05) is 69.7 Å². The Hall–Kier alpha value is -3.43. The number of rotatable bonds is 5. The molecule has 6 rings (SSSR count). The van der Waals surface area contributed by atoms with Crippen molar-refractivity contribution in [3.05, 3.63) is 54.5 Å². The molecule has 0 spiro atoms. The number of hydrogen-bond donors (Lipinski definition) is 1. The first kappa shape index (κ1) is 25.8. The molecule has 3 aliphatic heterocycles. The standard InChI is InChI=1S/C30H38N6O3/c1-34-12-10-25(11-13-34)39-26-6-7-27-28(20-26)31-21-32-29(27)22-8-14-36(15-9-22)30(37)33-23-2-4-24(5-3-23)35-16-18-38-19-17-35/h2-7,20-22,25H,8-19H2,1H3,(H,33,37). The average molecular weight is 531 g/mol. The van der Waals surface area contributed by atoms with E-state index in [9.17, 15) is 4.79 Å². The summed E-state index contributed by atoms with van der Waals surface area (Å²) in [4.78, 5) is 28.8. The van der Waals surface area contributed by atoms with E-state index in [1.165, 1.54) is 0 Å². The number of carbonyl (C=O) groups is 1. The highest BCUT2D eigenvalue weighted by atomic mass is 16.5. The van der Waals surface area contributed by atoms with Crippen LogP contribution in [0, 0.1) is 0 Å². The third kappa shape index (κ3) is 6.09. The van der Waals surface area contributed by atoms with Crippen LogP contribution >= 0.6 is 0 Å². The second-order valence-corrected chi connectivity index (χ2v) is 10.9. The Morgan fingerprint density at radius 1 is 0.923 bits per heavy atom. The first-order valence-electron chi connectivity index (χ1n) is 14.2. The molecule has 39 heavy (non-hydrogen) atoms. The number of nitrogens with one attached hydrogen (secondary N) is 1. The molecule has 3 fully saturated rings. The number of urea groups is 1. The Morgan fingerprint density at radius 3 is 2.41 bits per heavy atom. The molecule has 0 atom stereocenters. The van der Waals surface area contributed by atoms with Crippen LogP contribution in [0.15, 0.2) is 48.8 Å². The van der Waals surface area contributed by atoms with E-state index in [1.54, 1.807) is 6.33 Å². The van der Waals surface area contributed by atoms with Gasteiger partial charge in [-0.05, 0) is 69.1 Å². The molecule has 9 heteroatoms. The number of likely N-dealkylation sites (tertiary alicyclic amines) is 2. The van der Waals surface area contributed by atoms with Crippen molar-refractivity contribution in [3.63, 3.8) is 0 Å². The number of benzene rings is 2. The number of carbonyl (C=O) groups excluding carboxylic acids is 1. The topological polar surface area (TPSA) is 83.1 Å². The minimum Gasteiger partial charge on any atom is -0.490 e. The van der Waals surface area contributed by atoms with E-state index in [-0.39, 0.29) is 12.1 Å². The quantitative estimate of drug-likeness (QED) is 0.525. The van der Waals surface area contributed by atoms with Crippen LogP contribution in [0.1, 0.15) is 37.3 Å². The van der Waals surface area contributed by atoms with Gasteiger partial charge in [-0.15, -0.1) is 0 Å². The van der Waals surface area contributed by atoms with E-state index in [0.717, 1.165) is 98.8 Å². The molecule has 206 valence electrons. The second kappa shape index (κ2) is 11.8. The van der Waals surface area contributed by atoms with Gasteiger partial charge in [-0.1, -0.05) is 0 Å². The van der Waals surface area contributed by atoms with Crippen LogP contribution in [-0.4, -0.2) is 91.4 Å². The van der Waals surface area contributed by atoms with E-state index in [4.69, 9.17) is 9.47 Å². The third-order valence-electron chi connectivity index (χ3n) is 8.27. The van der Waals surface area contributed by atoms with Gasteiger partial charge < -0.3 is 29.5 Å². The zero-order valence-electron chi connectivity index (χ0n) is 22.7. The zero-order valence-corrected chi connectivity index (χ0v) is 22.7. The Labute approximate surface area is 230 Å². The maximum absolute atomic E-state index is 13.0. The fourth-order valence-corrected chi connectivity index (χ4v) is 5.89. The molecular formula is C30H38N6O3. The molecule has 4 heterocycles. The first-order valence-corrected chi connectivity index (χ1v) is 14.2. The van der Waals surface area contributed by atoms with Crippen molar-refractivity contribution in [1.29, 1.82) is 0 Å². The number of ether oxygens (including phenoxy) is 2. The lowest BCUT2D eigenvalue weighted by Gasteiger charge is -2.32. The molecule has 0 aliphatic carbocycles. The molecule has 1 N–H and O–H groups in total. The van der Waals surface area contributed by atoms with Crippen molar-refractivity contribution in [1.82, 2.24) is 19.8 Å². The van der Waals surface area contributed by atoms with Gasteiger partial charge in [0.15, 0.2) is 0 Å². The molecule has 0 bridgehead atoms. The smallest absolute Gasteiger partial charge is 0.321 e. The number of anilines is 2. The summed E-state index contributed by atoms with van der Waals surface area (Å²) in [6.07, 6.45) is 5.78. The predicted octanol–water partition coefficient (Wildman–Crippen LogP) is 4.35. The number of piperidine rings is 2. The Bertz CT molecular complexity index is 1260. The maximum Gasteiger partial charge on any atom is 0.321 e. The number of amides is 2. The van der Waals surface area contributed by atoms with E-state index >= 15 is 0 Å². The van der Waals surface area contributed by atoms with Crippen LogP contribution in [-0.2, 0) is 4.74 Å². The largest absolute Gasteiger partial charge is 0.490 e. The van der Waals surface area contributed by atoms with Crippen LogP contribution in [0.5, 0.6) is 5.75 Å². The van der Waals surface area contributed by atoms with E-state index in [1.807, 2.05) is 23.1 Å². The number of aromatic nitrogens is 2. The fourth-order valence-electron chi connectivity index (χ4n) is 5.89. The van der Waals surface area contributed by atoms with Crippen molar-refractivity contribution in [2.24, 2.45) is 0 Å². The summed E-state index contributed by atoms with van der Waals surface area (Å²) in [5.41, 5.74) is 3.98. The fraction of sp³-hybridized carbons (Fsp3) is 0.500. The number of fused-ring (bicyclic) bond motifs is 1. The highest BCUT2D eigenvalue weighted by molar-refractivity contribution is 5.89. The molecule has 3 aliphatic rings. The molecule has 1 aromatic heterocycles. The summed E-state index contributed by atoms with van der Waals surface area (Å²) in [6, 6.07) is 14.3. The lowest BCUT2D eigenvalue weighted by atomic mass is 9.91. The van der Waals surface area contributed by atoms with Crippen LogP contribution in [0.4, 0.5) is 16.2 Å². The highest BCUT2D eigenvalue weighted by Gasteiger charge is 2.26. The first-order chi connectivity index (χ1) is 19.1. The van der Waals surface area contributed by atoms with Crippen molar-refractivity contribution >= 4 is 28.3 Å². The summed E-state index contributed by atoms with van der Waals surface area (Å²) in [5.74, 6) is 1.18. The molecule has 2 amide bonds. The summed E-state index contributed by atoms with van der Waals surface area (Å²) in [6.45, 7) is 6.85. The van der Waals surface area contributed by atoms with Gasteiger partial charge in [0.05, 0.1) is 24.4 Å². The van der Waals surface area contributed by atoms with Gasteiger partial charge >= 0.3 is 6.03 Å². The third-order valence-corrected chi connectivity index (χ3v) is 8.27. The van der Waals surface area contributed by atoms with Gasteiger partial charge in [-0.2, -0.15) is 0 Å². The number of nitrogens with zero attached hydrogens (tertiary/aromatic N) is 5. The van der Waals surface area contributed by atoms with E-state index < -0.39 is 0 Å². The Balaban J connectivity index is 1.04. The van der Waals surface area contributed by atoms with Crippen molar-refractivity contribution in [2.45, 2.75) is 37.7 Å². The lowest BCUT2D eigenvalue weighted by Crippen LogP contribution is -2.40. The average Bonchev–Trinajstić information content (AvgIpc) is 2.99. The predicted molar refractivity (Wildman–Crippen MR) is 153 cm³/mol. The monoisotopic (exact) mass is 530 g/mol. The summed E-state index contributed by atoms with van der Waals surface area (Å²) >= 11 is 0. The summed E-state index contributed by atoms with van der Waals surface area (Å²) in [7, 11) is 2.16. The maximum atomic E-state index is 13.0. The van der Waals surface area contributed by atoms with E-state index in [2.05, 4.69) is 56.4 Å². The normalized spacial score (nSPS) is 19.8. The van der Waals surface area contributed by atoms with Crippen LogP contribution in [0.3, 0.4) is 0 Å².